The maximum absolute atomic E-state index is 12.9. The molecule has 1 amide bonds. The van der Waals surface area contributed by atoms with Crippen LogP contribution in [0.25, 0.3) is 0 Å². The van der Waals surface area contributed by atoms with Crippen molar-refractivity contribution in [3.63, 3.8) is 0 Å². The van der Waals surface area contributed by atoms with Gasteiger partial charge in [0.05, 0.1) is 5.69 Å². The molecule has 0 radical (unpaired) electrons. The third kappa shape index (κ3) is 4.37. The van der Waals surface area contributed by atoms with Crippen LogP contribution in [0.3, 0.4) is 0 Å². The van der Waals surface area contributed by atoms with Crippen LogP contribution in [0.2, 0.25) is 0 Å². The summed E-state index contributed by atoms with van der Waals surface area (Å²) < 4.78 is 0. The average Bonchev–Trinajstić information content (AvgIpc) is 3.17. The first-order valence-corrected chi connectivity index (χ1v) is 11.7. The average molecular weight is 429 g/mol. The molecule has 2 aromatic heterocycles. The number of nitrogens with one attached hydrogen (secondary N) is 2. The molecule has 0 spiro atoms. The predicted octanol–water partition coefficient (Wildman–Crippen LogP) is 4.66. The molecular weight excluding hydrogens is 396 g/mol. The molecule has 2 N–H and O–H groups in total. The summed E-state index contributed by atoms with van der Waals surface area (Å²) in [5.41, 5.74) is 3.72. The Morgan fingerprint density at radius 2 is 2.00 bits per heavy atom. The van der Waals surface area contributed by atoms with Crippen molar-refractivity contribution < 1.29 is 9.59 Å². The summed E-state index contributed by atoms with van der Waals surface area (Å²) in [6, 6.07) is 0. The summed E-state index contributed by atoms with van der Waals surface area (Å²) in [5.74, 6) is 1.31. The van der Waals surface area contributed by atoms with Gasteiger partial charge in [-0.3, -0.25) is 19.8 Å². The molecule has 7 heteroatoms. The number of ketones is 1. The summed E-state index contributed by atoms with van der Waals surface area (Å²) >= 11 is 1.45. The number of H-pyrrole nitrogens is 1. The van der Waals surface area contributed by atoms with E-state index in [9.17, 15) is 9.59 Å². The lowest BCUT2D eigenvalue weighted by molar-refractivity contribution is 0.0910. The number of aromatic nitrogens is 2. The fourth-order valence-electron chi connectivity index (χ4n) is 5.21. The number of carbonyl (C=O) groups excluding carboxylic acids is 2. The quantitative estimate of drug-likeness (QED) is 0.742. The molecule has 1 aliphatic carbocycles. The fraction of sp³-hybridized carbons (Fsp3) is 0.609. The molecule has 4 rings (SSSR count). The first-order valence-electron chi connectivity index (χ1n) is 10.8. The lowest BCUT2D eigenvalue weighted by atomic mass is 9.75. The Hall–Kier alpha value is -1.99. The number of amides is 1. The Labute approximate surface area is 182 Å². The number of carbonyl (C=O) groups is 2. The first-order chi connectivity index (χ1) is 14.1. The third-order valence-electron chi connectivity index (χ3n) is 6.23. The van der Waals surface area contributed by atoms with Gasteiger partial charge in [-0.1, -0.05) is 27.7 Å². The van der Waals surface area contributed by atoms with Crippen molar-refractivity contribution in [1.29, 1.82) is 0 Å². The van der Waals surface area contributed by atoms with E-state index in [0.717, 1.165) is 43.0 Å². The van der Waals surface area contributed by atoms with E-state index < -0.39 is 0 Å². The van der Waals surface area contributed by atoms with Crippen molar-refractivity contribution in [3.05, 3.63) is 33.6 Å². The Kier molecular flexibility index (Phi) is 5.62. The third-order valence-corrected chi connectivity index (χ3v) is 7.04. The van der Waals surface area contributed by atoms with Crippen LogP contribution < -0.4 is 5.32 Å². The molecule has 162 valence electrons. The van der Waals surface area contributed by atoms with Gasteiger partial charge in [0.15, 0.2) is 10.9 Å². The highest BCUT2D eigenvalue weighted by molar-refractivity contribution is 7.14. The largest absolute Gasteiger partial charge is 0.354 e. The topological polar surface area (TPSA) is 78.1 Å². The van der Waals surface area contributed by atoms with Gasteiger partial charge < -0.3 is 4.98 Å². The van der Waals surface area contributed by atoms with Gasteiger partial charge >= 0.3 is 0 Å². The minimum Gasteiger partial charge on any atom is -0.354 e. The van der Waals surface area contributed by atoms with Crippen molar-refractivity contribution in [1.82, 2.24) is 14.9 Å². The van der Waals surface area contributed by atoms with Crippen molar-refractivity contribution in [2.24, 2.45) is 17.3 Å². The highest BCUT2D eigenvalue weighted by Gasteiger charge is 2.35. The number of piperidine rings is 1. The number of anilines is 1. The maximum atomic E-state index is 12.9. The van der Waals surface area contributed by atoms with Gasteiger partial charge in [0.25, 0.3) is 5.91 Å². The van der Waals surface area contributed by atoms with Crippen LogP contribution in [0.1, 0.15) is 78.3 Å². The Balaban J connectivity index is 1.45. The Bertz CT molecular complexity index is 964. The number of hydrogen-bond acceptors (Lipinski definition) is 5. The van der Waals surface area contributed by atoms with E-state index in [1.54, 1.807) is 0 Å². The van der Waals surface area contributed by atoms with Crippen LogP contribution >= 0.6 is 11.3 Å². The standard InChI is InChI=1S/C23H32N4O2S/c1-13-6-14(2)10-27(9-13)11-16-12-30-22(24-16)26-21(29)20-15(3)19-17(25-20)7-23(4,5)8-18(19)28/h12-14,25H,6-11H2,1-5H3,(H,24,26,29)/t13-,14-/m0/s1. The number of hydrogen-bond donors (Lipinski definition) is 2. The molecule has 30 heavy (non-hydrogen) atoms. The zero-order valence-corrected chi connectivity index (χ0v) is 19.4. The second kappa shape index (κ2) is 7.93. The minimum atomic E-state index is -0.228. The highest BCUT2D eigenvalue weighted by atomic mass is 32.1. The van der Waals surface area contributed by atoms with Crippen LogP contribution in [0.15, 0.2) is 5.38 Å². The summed E-state index contributed by atoms with van der Waals surface area (Å²) in [6.07, 6.45) is 2.58. The van der Waals surface area contributed by atoms with Gasteiger partial charge in [0.1, 0.15) is 5.69 Å². The molecule has 1 aliphatic heterocycles. The van der Waals surface area contributed by atoms with E-state index >= 15 is 0 Å². The van der Waals surface area contributed by atoms with Crippen LogP contribution in [0.4, 0.5) is 5.13 Å². The zero-order chi connectivity index (χ0) is 21.6. The van der Waals surface area contributed by atoms with E-state index in [1.165, 1.54) is 17.8 Å². The van der Waals surface area contributed by atoms with Crippen molar-refractivity contribution in [3.8, 4) is 0 Å². The van der Waals surface area contributed by atoms with E-state index in [-0.39, 0.29) is 17.1 Å². The molecule has 2 aliphatic rings. The number of likely N-dealkylation sites (tertiary alicyclic amines) is 1. The minimum absolute atomic E-state index is 0.0806. The van der Waals surface area contributed by atoms with Gasteiger partial charge in [-0.2, -0.15) is 0 Å². The van der Waals surface area contributed by atoms with Gasteiger partial charge in [-0.05, 0) is 42.6 Å². The number of thiazole rings is 1. The van der Waals surface area contributed by atoms with Gasteiger partial charge in [0, 0.05) is 42.7 Å². The van der Waals surface area contributed by atoms with Gasteiger partial charge in [0.2, 0.25) is 0 Å². The van der Waals surface area contributed by atoms with Crippen LogP contribution in [0, 0.1) is 24.2 Å². The van der Waals surface area contributed by atoms with Crippen LogP contribution in [-0.4, -0.2) is 39.6 Å². The van der Waals surface area contributed by atoms with E-state index in [2.05, 4.69) is 47.9 Å². The van der Waals surface area contributed by atoms with Crippen molar-refractivity contribution in [2.75, 3.05) is 18.4 Å². The van der Waals surface area contributed by atoms with Crippen LogP contribution in [0.5, 0.6) is 0 Å². The summed E-state index contributed by atoms with van der Waals surface area (Å²) in [7, 11) is 0. The smallest absolute Gasteiger partial charge is 0.274 e. The SMILES string of the molecule is Cc1c(C(=O)Nc2nc(CN3C[C@@H](C)C[C@H](C)C3)cs2)[nH]c2c1C(=O)CC(C)(C)C2. The zero-order valence-electron chi connectivity index (χ0n) is 18.6. The number of rotatable bonds is 4. The maximum Gasteiger partial charge on any atom is 0.274 e. The van der Waals surface area contributed by atoms with Gasteiger partial charge in [-0.25, -0.2) is 4.98 Å². The molecule has 0 bridgehead atoms. The Morgan fingerprint density at radius 1 is 1.30 bits per heavy atom. The molecular formula is C23H32N4O2S. The molecule has 3 heterocycles. The second-order valence-corrected chi connectivity index (χ2v) is 11.0. The lowest BCUT2D eigenvalue weighted by Gasteiger charge is -2.34. The second-order valence-electron chi connectivity index (χ2n) is 10.2. The summed E-state index contributed by atoms with van der Waals surface area (Å²) in [4.78, 5) is 35.8. The number of aromatic amines is 1. The van der Waals surface area contributed by atoms with Crippen molar-refractivity contribution in [2.45, 2.75) is 60.4 Å². The van der Waals surface area contributed by atoms with E-state index in [1.807, 2.05) is 12.3 Å². The summed E-state index contributed by atoms with van der Waals surface area (Å²) in [6.45, 7) is 13.7. The normalized spacial score (nSPS) is 24.0. The predicted molar refractivity (Wildman–Crippen MR) is 120 cm³/mol. The molecule has 1 fully saturated rings. The monoisotopic (exact) mass is 428 g/mol. The van der Waals surface area contributed by atoms with E-state index in [4.69, 9.17) is 0 Å². The molecule has 0 aromatic carbocycles. The molecule has 6 nitrogen and oxygen atoms in total. The summed E-state index contributed by atoms with van der Waals surface area (Å²) in [5, 5.41) is 5.56. The Morgan fingerprint density at radius 3 is 2.70 bits per heavy atom. The fourth-order valence-corrected chi connectivity index (χ4v) is 5.90. The molecule has 1 saturated heterocycles. The number of nitrogens with zero attached hydrogens (tertiary/aromatic N) is 2. The van der Waals surface area contributed by atoms with Crippen LogP contribution in [-0.2, 0) is 13.0 Å². The lowest BCUT2D eigenvalue weighted by Crippen LogP contribution is -2.38. The molecule has 2 atom stereocenters. The molecule has 0 saturated carbocycles. The van der Waals surface area contributed by atoms with Crippen molar-refractivity contribution >= 4 is 28.2 Å². The first kappa shape index (κ1) is 21.2. The van der Waals surface area contributed by atoms with Gasteiger partial charge in [-0.15, -0.1) is 11.3 Å². The van der Waals surface area contributed by atoms with E-state index in [0.29, 0.717) is 34.6 Å². The molecule has 2 aromatic rings. The highest BCUT2D eigenvalue weighted by Crippen LogP contribution is 2.37. The number of fused-ring (bicyclic) bond motifs is 1. The number of Topliss-reactive ketones (excluding diaryl/α,β-unsaturated/α-hetero) is 1. The molecule has 0 unspecified atom stereocenters.